The fourth-order valence-corrected chi connectivity index (χ4v) is 5.48. The number of nitrogens with zero attached hydrogens (tertiary/aromatic N) is 5. The third-order valence-electron chi connectivity index (χ3n) is 7.11. The van der Waals surface area contributed by atoms with Crippen LogP contribution in [-0.2, 0) is 4.79 Å². The Kier molecular flexibility index (Phi) is 7.17. The SMILES string of the molecule is CC1CC(C)CN(C(=O)CN2CCN(C(=O)c3ccc(N4CCCC4)c([N+](=O)[O-])c3)CC2)C1. The lowest BCUT2D eigenvalue weighted by molar-refractivity contribution is -0.384. The molecule has 0 aromatic heterocycles. The molecule has 0 radical (unpaired) electrons. The number of carbonyl (C=O) groups excluding carboxylic acids is 2. The van der Waals surface area contributed by atoms with E-state index in [0.29, 0.717) is 55.8 Å². The van der Waals surface area contributed by atoms with Crippen LogP contribution in [0.1, 0.15) is 43.5 Å². The molecule has 180 valence electrons. The molecule has 2 atom stereocenters. The summed E-state index contributed by atoms with van der Waals surface area (Å²) in [5.41, 5.74) is 0.946. The van der Waals surface area contributed by atoms with Crippen molar-refractivity contribution in [3.8, 4) is 0 Å². The topological polar surface area (TPSA) is 90.2 Å². The van der Waals surface area contributed by atoms with Gasteiger partial charge in [0.2, 0.25) is 5.91 Å². The Balaban J connectivity index is 1.34. The van der Waals surface area contributed by atoms with E-state index in [-0.39, 0.29) is 17.5 Å². The third-order valence-corrected chi connectivity index (χ3v) is 7.11. The molecule has 33 heavy (non-hydrogen) atoms. The molecule has 9 heteroatoms. The van der Waals surface area contributed by atoms with E-state index in [1.165, 1.54) is 12.5 Å². The van der Waals surface area contributed by atoms with Crippen molar-refractivity contribution in [1.29, 1.82) is 0 Å². The Morgan fingerprint density at radius 1 is 0.970 bits per heavy atom. The van der Waals surface area contributed by atoms with E-state index in [0.717, 1.165) is 39.0 Å². The zero-order valence-electron chi connectivity index (χ0n) is 19.7. The summed E-state index contributed by atoms with van der Waals surface area (Å²) >= 11 is 0. The molecule has 4 rings (SSSR count). The van der Waals surface area contributed by atoms with Gasteiger partial charge in [-0.2, -0.15) is 0 Å². The number of hydrogen-bond donors (Lipinski definition) is 0. The largest absolute Gasteiger partial charge is 0.366 e. The predicted molar refractivity (Wildman–Crippen MR) is 126 cm³/mol. The second-order valence-electron chi connectivity index (χ2n) is 9.97. The summed E-state index contributed by atoms with van der Waals surface area (Å²) in [6.07, 6.45) is 3.22. The number of amides is 2. The summed E-state index contributed by atoms with van der Waals surface area (Å²) in [5, 5.41) is 11.7. The van der Waals surface area contributed by atoms with Gasteiger partial charge in [0, 0.05) is 64.0 Å². The Morgan fingerprint density at radius 3 is 2.21 bits per heavy atom. The van der Waals surface area contributed by atoms with E-state index in [9.17, 15) is 19.7 Å². The van der Waals surface area contributed by atoms with Crippen LogP contribution in [0.25, 0.3) is 0 Å². The summed E-state index contributed by atoms with van der Waals surface area (Å²) in [7, 11) is 0. The number of carbonyl (C=O) groups is 2. The predicted octanol–water partition coefficient (Wildman–Crippen LogP) is 2.46. The molecule has 2 amide bonds. The maximum absolute atomic E-state index is 13.1. The van der Waals surface area contributed by atoms with Crippen molar-refractivity contribution in [3.05, 3.63) is 33.9 Å². The standard InChI is InChI=1S/C24H35N5O4/c1-18-13-19(2)16-28(15-18)23(30)17-25-9-11-27(12-10-25)24(31)20-5-6-21(22(14-20)29(32)33)26-7-3-4-8-26/h5-6,14,18-19H,3-4,7-13,15-17H2,1-2H3. The molecule has 0 aliphatic carbocycles. The van der Waals surface area contributed by atoms with Gasteiger partial charge in [0.05, 0.1) is 11.5 Å². The number of anilines is 1. The Hall–Kier alpha value is -2.68. The average molecular weight is 458 g/mol. The minimum Gasteiger partial charge on any atom is -0.366 e. The van der Waals surface area contributed by atoms with Gasteiger partial charge in [0.15, 0.2) is 0 Å². The van der Waals surface area contributed by atoms with Crippen molar-refractivity contribution < 1.29 is 14.5 Å². The van der Waals surface area contributed by atoms with Crippen molar-refractivity contribution in [1.82, 2.24) is 14.7 Å². The van der Waals surface area contributed by atoms with E-state index in [1.54, 1.807) is 17.0 Å². The molecular formula is C24H35N5O4. The summed E-state index contributed by atoms with van der Waals surface area (Å²) in [6.45, 7) is 10.3. The van der Waals surface area contributed by atoms with Gasteiger partial charge in [0.1, 0.15) is 5.69 Å². The van der Waals surface area contributed by atoms with Gasteiger partial charge in [-0.1, -0.05) is 13.8 Å². The molecular weight excluding hydrogens is 422 g/mol. The Labute approximate surface area is 195 Å². The smallest absolute Gasteiger partial charge is 0.293 e. The monoisotopic (exact) mass is 457 g/mol. The number of nitro benzene ring substituents is 1. The van der Waals surface area contributed by atoms with Gasteiger partial charge >= 0.3 is 0 Å². The van der Waals surface area contributed by atoms with Crippen molar-refractivity contribution in [3.63, 3.8) is 0 Å². The summed E-state index contributed by atoms with van der Waals surface area (Å²) in [5.74, 6) is 1.05. The number of piperidine rings is 1. The van der Waals surface area contributed by atoms with Crippen LogP contribution in [0.5, 0.6) is 0 Å². The lowest BCUT2D eigenvalue weighted by Crippen LogP contribution is -2.53. The van der Waals surface area contributed by atoms with Crippen molar-refractivity contribution in [2.75, 3.05) is 63.8 Å². The molecule has 9 nitrogen and oxygen atoms in total. The number of nitro groups is 1. The highest BCUT2D eigenvalue weighted by Crippen LogP contribution is 2.32. The van der Waals surface area contributed by atoms with Gasteiger partial charge in [0.25, 0.3) is 11.6 Å². The normalized spacial score (nSPS) is 24.2. The first-order valence-corrected chi connectivity index (χ1v) is 12.1. The molecule has 3 heterocycles. The second kappa shape index (κ2) is 10.1. The van der Waals surface area contributed by atoms with Crippen LogP contribution in [0.2, 0.25) is 0 Å². The van der Waals surface area contributed by atoms with Crippen LogP contribution in [0, 0.1) is 22.0 Å². The molecule has 1 aromatic rings. The Bertz CT molecular complexity index is 883. The van der Waals surface area contributed by atoms with E-state index < -0.39 is 4.92 Å². The highest BCUT2D eigenvalue weighted by Gasteiger charge is 2.30. The van der Waals surface area contributed by atoms with Crippen molar-refractivity contribution >= 4 is 23.2 Å². The highest BCUT2D eigenvalue weighted by atomic mass is 16.6. The minimum atomic E-state index is -0.393. The van der Waals surface area contributed by atoms with E-state index >= 15 is 0 Å². The van der Waals surface area contributed by atoms with Crippen LogP contribution < -0.4 is 4.90 Å². The lowest BCUT2D eigenvalue weighted by atomic mass is 9.92. The molecule has 3 fully saturated rings. The van der Waals surface area contributed by atoms with Gasteiger partial charge in [-0.15, -0.1) is 0 Å². The maximum atomic E-state index is 13.1. The molecule has 3 aliphatic rings. The van der Waals surface area contributed by atoms with Gasteiger partial charge in [-0.25, -0.2) is 0 Å². The summed E-state index contributed by atoms with van der Waals surface area (Å²) in [6, 6.07) is 4.84. The number of likely N-dealkylation sites (tertiary alicyclic amines) is 1. The maximum Gasteiger partial charge on any atom is 0.293 e. The summed E-state index contributed by atoms with van der Waals surface area (Å²) in [4.78, 5) is 44.9. The first kappa shape index (κ1) is 23.5. The van der Waals surface area contributed by atoms with E-state index in [4.69, 9.17) is 0 Å². The van der Waals surface area contributed by atoms with Crippen LogP contribution >= 0.6 is 0 Å². The molecule has 1 aromatic carbocycles. The van der Waals surface area contributed by atoms with Crippen LogP contribution in [0.4, 0.5) is 11.4 Å². The Morgan fingerprint density at radius 2 is 1.61 bits per heavy atom. The van der Waals surface area contributed by atoms with Crippen LogP contribution in [0.15, 0.2) is 18.2 Å². The summed E-state index contributed by atoms with van der Waals surface area (Å²) < 4.78 is 0. The molecule has 0 saturated carbocycles. The first-order chi connectivity index (χ1) is 15.8. The number of benzene rings is 1. The van der Waals surface area contributed by atoms with Gasteiger partial charge in [-0.3, -0.25) is 24.6 Å². The number of rotatable bonds is 5. The molecule has 0 N–H and O–H groups in total. The zero-order chi connectivity index (χ0) is 23.5. The first-order valence-electron chi connectivity index (χ1n) is 12.1. The minimum absolute atomic E-state index is 0.00280. The van der Waals surface area contributed by atoms with Crippen LogP contribution in [0.3, 0.4) is 0 Å². The zero-order valence-corrected chi connectivity index (χ0v) is 19.7. The quantitative estimate of drug-likeness (QED) is 0.498. The fourth-order valence-electron chi connectivity index (χ4n) is 5.48. The van der Waals surface area contributed by atoms with E-state index in [2.05, 4.69) is 18.7 Å². The fraction of sp³-hybridized carbons (Fsp3) is 0.667. The molecule has 3 saturated heterocycles. The van der Waals surface area contributed by atoms with Crippen LogP contribution in [-0.4, -0.2) is 90.3 Å². The number of hydrogen-bond acceptors (Lipinski definition) is 6. The van der Waals surface area contributed by atoms with Crippen molar-refractivity contribution in [2.45, 2.75) is 33.1 Å². The average Bonchev–Trinajstić information content (AvgIpc) is 3.33. The molecule has 0 spiro atoms. The van der Waals surface area contributed by atoms with Gasteiger partial charge < -0.3 is 14.7 Å². The molecule has 0 bridgehead atoms. The number of piperazine rings is 1. The highest BCUT2D eigenvalue weighted by molar-refractivity contribution is 5.96. The van der Waals surface area contributed by atoms with Crippen molar-refractivity contribution in [2.24, 2.45) is 11.8 Å². The van der Waals surface area contributed by atoms with Gasteiger partial charge in [-0.05, 0) is 43.2 Å². The lowest BCUT2D eigenvalue weighted by Gasteiger charge is -2.38. The molecule has 3 aliphatic heterocycles. The van der Waals surface area contributed by atoms with E-state index in [1.807, 2.05) is 9.80 Å². The third kappa shape index (κ3) is 5.46. The second-order valence-corrected chi connectivity index (χ2v) is 9.97. The molecule has 2 unspecified atom stereocenters.